The third kappa shape index (κ3) is 62.9. The van der Waals surface area contributed by atoms with Gasteiger partial charge < -0.3 is 56.9 Å². The smallest absolute Gasteiger partial charge is 2.00 e. The third-order valence-electron chi connectivity index (χ3n) is 0. The second-order valence-corrected chi connectivity index (χ2v) is 0. The molecule has 0 N–H and O–H groups in total. The van der Waals surface area contributed by atoms with E-state index in [1.54, 1.807) is 0 Å². The van der Waals surface area contributed by atoms with Crippen molar-refractivity contribution in [1.29, 1.82) is 0 Å². The van der Waals surface area contributed by atoms with Gasteiger partial charge in [-0.15, -0.1) is 0 Å². The summed E-state index contributed by atoms with van der Waals surface area (Å²) < 4.78 is 0. The van der Waals surface area contributed by atoms with Crippen LogP contribution in [-0.4, -0.2) is 0 Å². The Balaban J connectivity index is 0. The largest absolute Gasteiger partial charge is 3.00 e. The van der Waals surface area contributed by atoms with Gasteiger partial charge in [-0.2, -0.15) is 0 Å². The second kappa shape index (κ2) is 77.7. The van der Waals surface area contributed by atoms with Crippen molar-refractivity contribution < 1.29 is 183 Å². The molecular formula is Ce4O3S3. The van der Waals surface area contributed by atoms with Crippen molar-refractivity contribution in [2.24, 2.45) is 0 Å². The molecule has 0 aliphatic rings. The van der Waals surface area contributed by atoms with Gasteiger partial charge in [0.25, 0.3) is 0 Å². The van der Waals surface area contributed by atoms with Gasteiger partial charge in [-0.1, -0.05) is 0 Å². The number of rotatable bonds is 0. The quantitative estimate of drug-likeness (QED) is 0.330. The van der Waals surface area contributed by atoms with Gasteiger partial charge in [0.05, 0.1) is 0 Å². The van der Waals surface area contributed by atoms with E-state index in [1.807, 2.05) is 0 Å². The predicted molar refractivity (Wildman–Crippen MR) is 24.2 cm³/mol. The molecule has 0 aliphatic carbocycles. The topological polar surface area (TPSA) is 85.5 Å². The molecule has 0 heterocycles. The van der Waals surface area contributed by atoms with Crippen molar-refractivity contribution in [1.82, 2.24) is 0 Å². The van der Waals surface area contributed by atoms with Crippen LogP contribution in [0.4, 0.5) is 0 Å². The Labute approximate surface area is 217 Å². The van der Waals surface area contributed by atoms with Crippen molar-refractivity contribution in [2.75, 3.05) is 0 Å². The molecule has 0 atom stereocenters. The van der Waals surface area contributed by atoms with Crippen LogP contribution in [0.25, 0.3) is 0 Å². The van der Waals surface area contributed by atoms with Gasteiger partial charge >= 0.3 is 167 Å². The van der Waals surface area contributed by atoms with Crippen LogP contribution in [0.1, 0.15) is 0 Å². The number of hydrogen-bond donors (Lipinski definition) is 0. The Morgan fingerprint density at radius 3 is 0.300 bits per heavy atom. The van der Waals surface area contributed by atoms with E-state index in [2.05, 4.69) is 0 Å². The SMILES string of the molecule is [Ce+3].[Ce+3].[Ce+3].[Ce+3].[O-2].[O-2].[O-2].[S-2].[S-2].[S-2]. The molecule has 0 amide bonds. The van der Waals surface area contributed by atoms with Crippen LogP contribution in [0.15, 0.2) is 0 Å². The molecule has 0 aromatic heterocycles. The van der Waals surface area contributed by atoms with Gasteiger partial charge in [0.15, 0.2) is 0 Å². The molecule has 3 nitrogen and oxygen atoms in total. The van der Waals surface area contributed by atoms with E-state index in [0.29, 0.717) is 0 Å². The minimum Gasteiger partial charge on any atom is -2.00 e. The van der Waals surface area contributed by atoms with Gasteiger partial charge in [-0.25, -0.2) is 0 Å². The molecule has 0 aromatic carbocycles. The van der Waals surface area contributed by atoms with Gasteiger partial charge in [0, 0.05) is 0 Å². The molecule has 0 spiro atoms. The van der Waals surface area contributed by atoms with Crippen molar-refractivity contribution in [3.05, 3.63) is 0 Å². The fourth-order valence-electron chi connectivity index (χ4n) is 0. The summed E-state index contributed by atoms with van der Waals surface area (Å²) in [5.41, 5.74) is 0. The van der Waals surface area contributed by atoms with Crippen molar-refractivity contribution >= 4 is 40.5 Å². The van der Waals surface area contributed by atoms with Crippen LogP contribution in [0.2, 0.25) is 0 Å². The van der Waals surface area contributed by atoms with Crippen LogP contribution in [0.3, 0.4) is 0 Å². The molecule has 0 bridgehead atoms. The number of hydrogen-bond acceptors (Lipinski definition) is 0. The normalized spacial score (nSPS) is 0. The zero-order valence-corrected chi connectivity index (χ0v) is 19.5. The Bertz CT molecular complexity index is 15.7. The maximum Gasteiger partial charge on any atom is 3.00 e. The summed E-state index contributed by atoms with van der Waals surface area (Å²) in [5, 5.41) is 0. The molecule has 0 aliphatic heterocycles. The zero-order chi connectivity index (χ0) is 0. The first kappa shape index (κ1) is 94.5. The standard InChI is InChI=1S/4Ce.3O.3S/q4*+3;6*-2. The maximum atomic E-state index is 0. The van der Waals surface area contributed by atoms with Crippen molar-refractivity contribution in [2.45, 2.75) is 0 Å². The molecule has 0 fully saturated rings. The first-order valence-electron chi connectivity index (χ1n) is 0. The average molecular weight is 705 g/mol. The molecule has 0 rings (SSSR count). The van der Waals surface area contributed by atoms with Crippen molar-refractivity contribution in [3.8, 4) is 0 Å². The average Bonchev–Trinajstić information content (AvgIpc) is 0. The fraction of sp³-hybridized carbons (Fsp3) is 0. The molecule has 0 unspecified atom stereocenters. The molecule has 52 valence electrons. The van der Waals surface area contributed by atoms with E-state index in [4.69, 9.17) is 0 Å². The van der Waals surface area contributed by atoms with Gasteiger partial charge in [0.2, 0.25) is 0 Å². The summed E-state index contributed by atoms with van der Waals surface area (Å²) in [6.45, 7) is 0. The van der Waals surface area contributed by atoms with E-state index >= 15 is 0 Å². The zero-order valence-electron chi connectivity index (χ0n) is 4.45. The van der Waals surface area contributed by atoms with Crippen LogP contribution >= 0.6 is 0 Å². The van der Waals surface area contributed by atoms with Gasteiger partial charge in [-0.3, -0.25) is 0 Å². The van der Waals surface area contributed by atoms with Crippen LogP contribution in [-0.2, 0) is 56.9 Å². The van der Waals surface area contributed by atoms with Gasteiger partial charge in [0.1, 0.15) is 0 Å². The van der Waals surface area contributed by atoms with Crippen LogP contribution in [0, 0.1) is 167 Å². The summed E-state index contributed by atoms with van der Waals surface area (Å²) >= 11 is 0. The minimum atomic E-state index is 0. The molecule has 10 heavy (non-hydrogen) atoms. The van der Waals surface area contributed by atoms with E-state index in [1.165, 1.54) is 0 Å². The summed E-state index contributed by atoms with van der Waals surface area (Å²) in [4.78, 5) is 0. The molecule has 0 aromatic rings. The Morgan fingerprint density at radius 2 is 0.300 bits per heavy atom. The third-order valence-corrected chi connectivity index (χ3v) is 0. The van der Waals surface area contributed by atoms with E-state index < -0.39 is 0 Å². The molecular weight excluding hydrogens is 705 g/mol. The summed E-state index contributed by atoms with van der Waals surface area (Å²) in [5.74, 6) is 0. The Kier molecular flexibility index (Phi) is 734. The first-order valence-corrected chi connectivity index (χ1v) is 0. The van der Waals surface area contributed by atoms with Crippen LogP contribution in [0.5, 0.6) is 0 Å². The molecule has 0 saturated heterocycles. The Hall–Kier alpha value is 6.44. The molecule has 10 heteroatoms. The predicted octanol–water partition coefficient (Wildman–Crippen LogP) is -0.364. The molecule has 0 saturated carbocycles. The fourth-order valence-corrected chi connectivity index (χ4v) is 0. The maximum absolute atomic E-state index is 0. The second-order valence-electron chi connectivity index (χ2n) is 0. The summed E-state index contributed by atoms with van der Waals surface area (Å²) in [6, 6.07) is 0. The Morgan fingerprint density at radius 1 is 0.300 bits per heavy atom. The monoisotopic (exact) mass is 704 g/mol. The van der Waals surface area contributed by atoms with E-state index in [0.717, 1.165) is 0 Å². The van der Waals surface area contributed by atoms with E-state index in [9.17, 15) is 0 Å². The van der Waals surface area contributed by atoms with Crippen molar-refractivity contribution in [3.63, 3.8) is 0 Å². The van der Waals surface area contributed by atoms with E-state index in [-0.39, 0.29) is 224 Å². The minimum absolute atomic E-state index is 0. The summed E-state index contributed by atoms with van der Waals surface area (Å²) in [6.07, 6.45) is 0. The van der Waals surface area contributed by atoms with Crippen LogP contribution < -0.4 is 0 Å². The van der Waals surface area contributed by atoms with Gasteiger partial charge in [-0.05, 0) is 0 Å². The summed E-state index contributed by atoms with van der Waals surface area (Å²) in [7, 11) is 0. The first-order chi connectivity index (χ1) is 0. The molecule has 4 radical (unpaired) electrons.